The van der Waals surface area contributed by atoms with E-state index in [-0.39, 0.29) is 11.8 Å². The minimum absolute atomic E-state index is 0.136. The molecule has 1 aliphatic rings. The third-order valence-corrected chi connectivity index (χ3v) is 5.82. The molecule has 0 radical (unpaired) electrons. The minimum Gasteiger partial charge on any atom is -0.428 e. The summed E-state index contributed by atoms with van der Waals surface area (Å²) in [6, 6.07) is 20.5. The van der Waals surface area contributed by atoms with E-state index in [0.717, 1.165) is 24.1 Å². The Labute approximate surface area is 185 Å². The molecule has 0 amide bonds. The van der Waals surface area contributed by atoms with E-state index < -0.39 is 12.5 Å². The monoisotopic (exact) mass is 443 g/mol. The van der Waals surface area contributed by atoms with Gasteiger partial charge in [-0.3, -0.25) is 0 Å². The van der Waals surface area contributed by atoms with Crippen LogP contribution in [0, 0.1) is 0 Å². The molecule has 3 aromatic rings. The van der Waals surface area contributed by atoms with Gasteiger partial charge in [0, 0.05) is 5.69 Å². The molecule has 0 spiro atoms. The van der Waals surface area contributed by atoms with Gasteiger partial charge in [0.25, 0.3) is 0 Å². The second-order valence-electron chi connectivity index (χ2n) is 8.38. The van der Waals surface area contributed by atoms with Gasteiger partial charge in [0.15, 0.2) is 0 Å². The number of rotatable bonds is 6. The van der Waals surface area contributed by atoms with Crippen LogP contribution in [0.3, 0.4) is 0 Å². The second-order valence-corrected chi connectivity index (χ2v) is 8.38. The zero-order valence-corrected chi connectivity index (χ0v) is 17.9. The molecule has 0 saturated carbocycles. The normalized spacial score (nSPS) is 16.1. The van der Waals surface area contributed by atoms with Crippen molar-refractivity contribution >= 4 is 5.69 Å². The van der Waals surface area contributed by atoms with Gasteiger partial charge in [-0.05, 0) is 64.8 Å². The minimum atomic E-state index is -4.52. The molecule has 1 unspecified atom stereocenters. The maximum atomic E-state index is 13.3. The number of ether oxygens (including phenoxy) is 1. The number of nitrogens with one attached hydrogen (secondary N) is 1. The molecular weight excluding hydrogens is 418 g/mol. The average Bonchev–Trinajstić information content (AvgIpc) is 2.78. The van der Waals surface area contributed by atoms with Gasteiger partial charge in [-0.1, -0.05) is 62.4 Å². The maximum absolute atomic E-state index is 13.3. The summed E-state index contributed by atoms with van der Waals surface area (Å²) in [5.74, 6) is 0.156. The van der Waals surface area contributed by atoms with Crippen molar-refractivity contribution in [1.29, 1.82) is 0 Å². The van der Waals surface area contributed by atoms with Crippen molar-refractivity contribution < 1.29 is 22.3 Å². The molecule has 1 aliphatic heterocycles. The van der Waals surface area contributed by atoms with E-state index in [1.165, 1.54) is 34.9 Å². The van der Waals surface area contributed by atoms with Crippen LogP contribution in [0.4, 0.5) is 23.2 Å². The summed E-state index contributed by atoms with van der Waals surface area (Å²) >= 11 is 0. The highest BCUT2D eigenvalue weighted by Gasteiger charge is 2.44. The van der Waals surface area contributed by atoms with Gasteiger partial charge in [0.2, 0.25) is 0 Å². The Kier molecular flexibility index (Phi) is 6.13. The van der Waals surface area contributed by atoms with E-state index in [1.807, 2.05) is 12.1 Å². The number of hydrogen-bond donors (Lipinski definition) is 1. The van der Waals surface area contributed by atoms with Crippen LogP contribution in [-0.4, -0.2) is 12.5 Å². The molecule has 0 bridgehead atoms. The number of anilines is 1. The molecule has 32 heavy (non-hydrogen) atoms. The lowest BCUT2D eigenvalue weighted by molar-refractivity contribution is -0.253. The molecule has 0 aromatic heterocycles. The van der Waals surface area contributed by atoms with Crippen LogP contribution in [0.15, 0.2) is 66.7 Å². The molecule has 1 N–H and O–H groups in total. The fourth-order valence-corrected chi connectivity index (χ4v) is 4.12. The fourth-order valence-electron chi connectivity index (χ4n) is 4.12. The fraction of sp³-hybridized carbons (Fsp3) is 0.308. The molecule has 4 rings (SSSR count). The van der Waals surface area contributed by atoms with Gasteiger partial charge in [0.05, 0.1) is 6.04 Å². The van der Waals surface area contributed by atoms with Gasteiger partial charge in [-0.15, -0.1) is 0 Å². The van der Waals surface area contributed by atoms with Crippen LogP contribution in [-0.2, 0) is 6.42 Å². The van der Waals surface area contributed by atoms with Crippen LogP contribution in [0.1, 0.15) is 48.9 Å². The Bertz CT molecular complexity index is 1100. The van der Waals surface area contributed by atoms with E-state index in [1.54, 1.807) is 6.07 Å². The zero-order valence-electron chi connectivity index (χ0n) is 17.9. The first-order valence-corrected chi connectivity index (χ1v) is 10.7. The number of hydrogen-bond acceptors (Lipinski definition) is 2. The van der Waals surface area contributed by atoms with Gasteiger partial charge in [0.1, 0.15) is 5.75 Å². The van der Waals surface area contributed by atoms with Gasteiger partial charge < -0.3 is 10.1 Å². The number of halogens is 4. The maximum Gasteiger partial charge on any atom is 0.461 e. The SMILES string of the molecule is CC(C)c1cccc(-c2cccc3c2CCC(c2cccc(OC(F)(F)C(F)F)c2)N3)c1. The summed E-state index contributed by atoms with van der Waals surface area (Å²) in [5.41, 5.74) is 6.52. The van der Waals surface area contributed by atoms with Crippen LogP contribution in [0.5, 0.6) is 5.75 Å². The first-order valence-electron chi connectivity index (χ1n) is 10.7. The molecule has 3 aromatic carbocycles. The topological polar surface area (TPSA) is 21.3 Å². The lowest BCUT2D eigenvalue weighted by Crippen LogP contribution is -2.33. The van der Waals surface area contributed by atoms with Gasteiger partial charge in [-0.25, -0.2) is 0 Å². The molecule has 0 fully saturated rings. The highest BCUT2D eigenvalue weighted by Crippen LogP contribution is 2.39. The number of benzene rings is 3. The van der Waals surface area contributed by atoms with E-state index in [9.17, 15) is 17.6 Å². The molecule has 6 heteroatoms. The van der Waals surface area contributed by atoms with Crippen molar-refractivity contribution in [2.24, 2.45) is 0 Å². The van der Waals surface area contributed by atoms with Crippen LogP contribution >= 0.6 is 0 Å². The highest BCUT2D eigenvalue weighted by molar-refractivity contribution is 5.75. The largest absolute Gasteiger partial charge is 0.461 e. The van der Waals surface area contributed by atoms with Crippen LogP contribution in [0.2, 0.25) is 0 Å². The van der Waals surface area contributed by atoms with Crippen molar-refractivity contribution in [3.63, 3.8) is 0 Å². The predicted octanol–water partition coefficient (Wildman–Crippen LogP) is 7.81. The Morgan fingerprint density at radius 3 is 2.47 bits per heavy atom. The van der Waals surface area contributed by atoms with Crippen LogP contribution in [0.25, 0.3) is 11.1 Å². The van der Waals surface area contributed by atoms with Crippen molar-refractivity contribution in [2.45, 2.75) is 51.2 Å². The Hall–Kier alpha value is -3.02. The Balaban J connectivity index is 1.59. The van der Waals surface area contributed by atoms with Gasteiger partial charge in [-0.2, -0.15) is 17.6 Å². The van der Waals surface area contributed by atoms with E-state index in [4.69, 9.17) is 0 Å². The molecule has 168 valence electrons. The molecule has 0 aliphatic carbocycles. The third kappa shape index (κ3) is 4.59. The summed E-state index contributed by atoms with van der Waals surface area (Å²) < 4.78 is 55.8. The van der Waals surface area contributed by atoms with E-state index >= 15 is 0 Å². The number of alkyl halides is 4. The molecule has 1 atom stereocenters. The first-order chi connectivity index (χ1) is 15.2. The Morgan fingerprint density at radius 1 is 0.969 bits per heavy atom. The predicted molar refractivity (Wildman–Crippen MR) is 119 cm³/mol. The summed E-state index contributed by atoms with van der Waals surface area (Å²) in [6.07, 6.45) is -6.88. The van der Waals surface area contributed by atoms with Crippen molar-refractivity contribution in [1.82, 2.24) is 0 Å². The summed E-state index contributed by atoms with van der Waals surface area (Å²) in [5, 5.41) is 3.48. The van der Waals surface area contributed by atoms with Crippen molar-refractivity contribution in [2.75, 3.05) is 5.32 Å². The van der Waals surface area contributed by atoms with E-state index in [2.05, 4.69) is 54.2 Å². The molecule has 1 heterocycles. The summed E-state index contributed by atoms with van der Waals surface area (Å²) in [7, 11) is 0. The molecule has 0 saturated heterocycles. The lowest BCUT2D eigenvalue weighted by Gasteiger charge is -2.29. The zero-order chi connectivity index (χ0) is 22.9. The lowest BCUT2D eigenvalue weighted by atomic mass is 9.87. The van der Waals surface area contributed by atoms with Crippen LogP contribution < -0.4 is 10.1 Å². The smallest absolute Gasteiger partial charge is 0.428 e. The molecular formula is C26H25F4NO. The highest BCUT2D eigenvalue weighted by atomic mass is 19.3. The quantitative estimate of drug-likeness (QED) is 0.392. The number of fused-ring (bicyclic) bond motifs is 1. The van der Waals surface area contributed by atoms with Crippen molar-refractivity contribution in [3.05, 3.63) is 83.4 Å². The third-order valence-electron chi connectivity index (χ3n) is 5.82. The van der Waals surface area contributed by atoms with Gasteiger partial charge >= 0.3 is 12.5 Å². The Morgan fingerprint density at radius 2 is 1.72 bits per heavy atom. The first kappa shape index (κ1) is 22.2. The van der Waals surface area contributed by atoms with E-state index in [0.29, 0.717) is 11.5 Å². The standard InChI is InChI=1S/C26H25F4NO/c1-16(2)17-6-3-7-18(14-17)21-10-5-11-24-22(21)12-13-23(31-24)19-8-4-9-20(15-19)32-26(29,30)25(27)28/h3-11,14-16,23,25,31H,12-13H2,1-2H3. The second kappa shape index (κ2) is 8.85. The molecule has 2 nitrogen and oxygen atoms in total. The summed E-state index contributed by atoms with van der Waals surface area (Å²) in [6.45, 7) is 4.33. The van der Waals surface area contributed by atoms with Crippen molar-refractivity contribution in [3.8, 4) is 16.9 Å². The summed E-state index contributed by atoms with van der Waals surface area (Å²) in [4.78, 5) is 0. The average molecular weight is 443 g/mol.